The van der Waals surface area contributed by atoms with Gasteiger partial charge in [-0.05, 0) is 55.5 Å². The zero-order chi connectivity index (χ0) is 21.2. The maximum absolute atomic E-state index is 8.96. The van der Waals surface area contributed by atoms with E-state index in [0.29, 0.717) is 12.1 Å². The van der Waals surface area contributed by atoms with E-state index in [1.165, 1.54) is 6.33 Å². The number of aryl methyl sites for hydroxylation is 1. The number of imidazole rings is 1. The predicted octanol–water partition coefficient (Wildman–Crippen LogP) is 3.97. The number of anilines is 1. The minimum absolute atomic E-state index is 0.496. The summed E-state index contributed by atoms with van der Waals surface area (Å²) in [7, 11) is 0. The standard InChI is InChI=1S/C23H18N8/c1-15-3-2-4-19(28-15)23-22(17-7-10-21-26-14-27-31(21)13-17)29-20(30-23)12-25-18-8-5-16(11-24)6-9-18/h2-10,13-14,25H,12H2,1H3,(H,29,30). The van der Waals surface area contributed by atoms with Crippen molar-refractivity contribution in [3.05, 3.63) is 84.2 Å². The van der Waals surface area contributed by atoms with Crippen molar-refractivity contribution in [3.8, 4) is 28.7 Å². The Labute approximate surface area is 178 Å². The van der Waals surface area contributed by atoms with Crippen molar-refractivity contribution in [3.63, 3.8) is 0 Å². The third-order valence-corrected chi connectivity index (χ3v) is 4.92. The Balaban J connectivity index is 1.52. The molecule has 1 aromatic carbocycles. The second-order valence-electron chi connectivity index (χ2n) is 7.09. The van der Waals surface area contributed by atoms with E-state index in [2.05, 4.69) is 31.4 Å². The van der Waals surface area contributed by atoms with Gasteiger partial charge >= 0.3 is 0 Å². The van der Waals surface area contributed by atoms with Crippen LogP contribution in [0.1, 0.15) is 17.1 Å². The molecule has 0 fully saturated rings. The van der Waals surface area contributed by atoms with E-state index < -0.39 is 0 Å². The first kappa shape index (κ1) is 18.5. The highest BCUT2D eigenvalue weighted by molar-refractivity contribution is 5.77. The number of hydrogen-bond acceptors (Lipinski definition) is 6. The Bertz CT molecular complexity index is 1410. The zero-order valence-corrected chi connectivity index (χ0v) is 16.7. The topological polar surface area (TPSA) is 108 Å². The van der Waals surface area contributed by atoms with Gasteiger partial charge < -0.3 is 10.3 Å². The van der Waals surface area contributed by atoms with Crippen molar-refractivity contribution in [2.45, 2.75) is 13.5 Å². The Morgan fingerprint density at radius 1 is 1.06 bits per heavy atom. The third-order valence-electron chi connectivity index (χ3n) is 4.92. The van der Waals surface area contributed by atoms with Crippen LogP contribution in [0.2, 0.25) is 0 Å². The van der Waals surface area contributed by atoms with Gasteiger partial charge in [-0.1, -0.05) is 6.07 Å². The highest BCUT2D eigenvalue weighted by Crippen LogP contribution is 2.29. The van der Waals surface area contributed by atoms with Crippen LogP contribution in [-0.2, 0) is 6.54 Å². The van der Waals surface area contributed by atoms with E-state index in [9.17, 15) is 0 Å². The van der Waals surface area contributed by atoms with E-state index in [1.54, 1.807) is 16.6 Å². The molecular formula is C23H18N8. The summed E-state index contributed by atoms with van der Waals surface area (Å²) in [4.78, 5) is 17.2. The van der Waals surface area contributed by atoms with Crippen LogP contribution in [-0.4, -0.2) is 29.5 Å². The Morgan fingerprint density at radius 2 is 1.94 bits per heavy atom. The van der Waals surface area contributed by atoms with E-state index >= 15 is 0 Å². The SMILES string of the molecule is Cc1cccc(-c2[nH]c(CNc3ccc(C#N)cc3)nc2-c2ccc3ncnn3c2)n1. The highest BCUT2D eigenvalue weighted by atomic mass is 15.3. The molecule has 150 valence electrons. The van der Waals surface area contributed by atoms with Crippen molar-refractivity contribution < 1.29 is 0 Å². The van der Waals surface area contributed by atoms with Gasteiger partial charge in [-0.2, -0.15) is 10.4 Å². The molecule has 5 aromatic rings. The first-order valence-electron chi connectivity index (χ1n) is 9.76. The second-order valence-corrected chi connectivity index (χ2v) is 7.09. The van der Waals surface area contributed by atoms with Gasteiger partial charge in [0.1, 0.15) is 12.2 Å². The summed E-state index contributed by atoms with van der Waals surface area (Å²) in [5.41, 5.74) is 6.63. The lowest BCUT2D eigenvalue weighted by Crippen LogP contribution is -2.01. The maximum atomic E-state index is 8.96. The number of nitriles is 1. The molecule has 0 saturated heterocycles. The number of nitrogens with one attached hydrogen (secondary N) is 2. The van der Waals surface area contributed by atoms with Crippen molar-refractivity contribution in [1.82, 2.24) is 29.5 Å². The molecule has 0 amide bonds. The number of rotatable bonds is 5. The first-order chi connectivity index (χ1) is 15.2. The van der Waals surface area contributed by atoms with E-state index in [1.807, 2.05) is 55.6 Å². The molecule has 0 spiro atoms. The van der Waals surface area contributed by atoms with Crippen molar-refractivity contribution >= 4 is 11.3 Å². The zero-order valence-electron chi connectivity index (χ0n) is 16.7. The van der Waals surface area contributed by atoms with Gasteiger partial charge in [0.25, 0.3) is 0 Å². The van der Waals surface area contributed by atoms with Crippen LogP contribution in [0.15, 0.2) is 67.1 Å². The number of aromatic nitrogens is 6. The minimum atomic E-state index is 0.496. The summed E-state index contributed by atoms with van der Waals surface area (Å²) in [6.07, 6.45) is 3.44. The lowest BCUT2D eigenvalue weighted by atomic mass is 10.1. The largest absolute Gasteiger partial charge is 0.378 e. The molecular weight excluding hydrogens is 388 g/mol. The van der Waals surface area contributed by atoms with Gasteiger partial charge in [-0.15, -0.1) is 0 Å². The molecule has 8 nitrogen and oxygen atoms in total. The molecule has 4 aromatic heterocycles. The normalized spacial score (nSPS) is 10.8. The molecule has 8 heteroatoms. The molecule has 0 radical (unpaired) electrons. The van der Waals surface area contributed by atoms with Crippen LogP contribution in [0.25, 0.3) is 28.3 Å². The van der Waals surface area contributed by atoms with Crippen LogP contribution >= 0.6 is 0 Å². The third kappa shape index (κ3) is 3.72. The molecule has 0 saturated carbocycles. The summed E-state index contributed by atoms with van der Waals surface area (Å²) < 4.78 is 1.73. The molecule has 0 aliphatic rings. The maximum Gasteiger partial charge on any atom is 0.155 e. The van der Waals surface area contributed by atoms with Crippen LogP contribution in [0, 0.1) is 18.3 Å². The average Bonchev–Trinajstić information content (AvgIpc) is 3.44. The van der Waals surface area contributed by atoms with Crippen molar-refractivity contribution in [1.29, 1.82) is 5.26 Å². The summed E-state index contributed by atoms with van der Waals surface area (Å²) in [5, 5.41) is 16.5. The number of fused-ring (bicyclic) bond motifs is 1. The fourth-order valence-electron chi connectivity index (χ4n) is 3.39. The second kappa shape index (κ2) is 7.72. The predicted molar refractivity (Wildman–Crippen MR) is 117 cm³/mol. The summed E-state index contributed by atoms with van der Waals surface area (Å²) in [6.45, 7) is 2.46. The molecule has 4 heterocycles. The van der Waals surface area contributed by atoms with Crippen LogP contribution < -0.4 is 5.32 Å². The summed E-state index contributed by atoms with van der Waals surface area (Å²) in [6, 6.07) is 19.3. The monoisotopic (exact) mass is 406 g/mol. The van der Waals surface area contributed by atoms with Crippen molar-refractivity contribution in [2.75, 3.05) is 5.32 Å². The minimum Gasteiger partial charge on any atom is -0.378 e. The van der Waals surface area contributed by atoms with Gasteiger partial charge in [-0.3, -0.25) is 4.98 Å². The molecule has 0 aliphatic heterocycles. The van der Waals surface area contributed by atoms with E-state index in [-0.39, 0.29) is 0 Å². The van der Waals surface area contributed by atoms with Crippen LogP contribution in [0.3, 0.4) is 0 Å². The number of hydrogen-bond donors (Lipinski definition) is 2. The van der Waals surface area contributed by atoms with Gasteiger partial charge in [0.15, 0.2) is 5.65 Å². The van der Waals surface area contributed by atoms with Gasteiger partial charge in [-0.25, -0.2) is 14.5 Å². The molecule has 2 N–H and O–H groups in total. The number of benzene rings is 1. The van der Waals surface area contributed by atoms with Gasteiger partial charge in [0.2, 0.25) is 0 Å². The summed E-state index contributed by atoms with van der Waals surface area (Å²) >= 11 is 0. The molecule has 31 heavy (non-hydrogen) atoms. The molecule has 0 atom stereocenters. The average molecular weight is 406 g/mol. The number of aromatic amines is 1. The molecule has 0 unspecified atom stereocenters. The van der Waals surface area contributed by atoms with Gasteiger partial charge in [0.05, 0.1) is 35.3 Å². The quantitative estimate of drug-likeness (QED) is 0.457. The van der Waals surface area contributed by atoms with E-state index in [0.717, 1.165) is 45.5 Å². The molecule has 0 bridgehead atoms. The van der Waals surface area contributed by atoms with E-state index in [4.69, 9.17) is 10.2 Å². The Kier molecular flexibility index (Phi) is 4.61. The number of pyridine rings is 2. The first-order valence-corrected chi connectivity index (χ1v) is 9.76. The molecule has 5 rings (SSSR count). The Hall–Kier alpha value is -4.51. The lowest BCUT2D eigenvalue weighted by Gasteiger charge is -2.04. The fraction of sp³-hybridized carbons (Fsp3) is 0.0870. The number of H-pyrrole nitrogens is 1. The Morgan fingerprint density at radius 3 is 2.74 bits per heavy atom. The van der Waals surface area contributed by atoms with Crippen LogP contribution in [0.5, 0.6) is 0 Å². The van der Waals surface area contributed by atoms with Crippen LogP contribution in [0.4, 0.5) is 5.69 Å². The summed E-state index contributed by atoms with van der Waals surface area (Å²) in [5.74, 6) is 0.774. The smallest absolute Gasteiger partial charge is 0.155 e. The number of nitrogens with zero attached hydrogens (tertiary/aromatic N) is 6. The van der Waals surface area contributed by atoms with Gasteiger partial charge in [0, 0.05) is 23.1 Å². The lowest BCUT2D eigenvalue weighted by molar-refractivity contribution is 0.960. The molecule has 0 aliphatic carbocycles. The highest BCUT2D eigenvalue weighted by Gasteiger charge is 2.16. The fourth-order valence-corrected chi connectivity index (χ4v) is 3.39. The van der Waals surface area contributed by atoms with Crippen molar-refractivity contribution in [2.24, 2.45) is 0 Å².